The Morgan fingerprint density at radius 1 is 1.31 bits per heavy atom. The minimum atomic E-state index is -0.360. The van der Waals surface area contributed by atoms with Crippen molar-refractivity contribution in [1.82, 2.24) is 10.9 Å². The number of hydrogen-bond acceptors (Lipinski definition) is 3. The van der Waals surface area contributed by atoms with Gasteiger partial charge < -0.3 is 4.74 Å². The van der Waals surface area contributed by atoms with Gasteiger partial charge in [0.2, 0.25) is 0 Å². The summed E-state index contributed by atoms with van der Waals surface area (Å²) in [6.45, 7) is 0. The van der Waals surface area contributed by atoms with Crippen molar-refractivity contribution in [2.75, 3.05) is 0 Å². The summed E-state index contributed by atoms with van der Waals surface area (Å²) in [7, 11) is 0. The minimum absolute atomic E-state index is 0.318. The second-order valence-electron chi connectivity index (χ2n) is 4.59. The predicted molar refractivity (Wildman–Crippen MR) is 45.5 cm³/mol. The highest BCUT2D eigenvalue weighted by molar-refractivity contribution is 5.69. The molecule has 0 aromatic rings. The molecule has 3 fully saturated rings. The van der Waals surface area contributed by atoms with Crippen LogP contribution in [0.2, 0.25) is 0 Å². The Hall–Kier alpha value is -0.770. The second-order valence-corrected chi connectivity index (χ2v) is 4.59. The molecule has 2 aliphatic carbocycles. The van der Waals surface area contributed by atoms with Crippen molar-refractivity contribution in [3.05, 3.63) is 0 Å². The zero-order valence-electron chi connectivity index (χ0n) is 7.51. The van der Waals surface area contributed by atoms with Gasteiger partial charge in [0.1, 0.15) is 0 Å². The lowest BCUT2D eigenvalue weighted by molar-refractivity contribution is -0.0235. The fourth-order valence-corrected chi connectivity index (χ4v) is 3.14. The van der Waals surface area contributed by atoms with Gasteiger partial charge in [0, 0.05) is 12.8 Å². The van der Waals surface area contributed by atoms with E-state index in [1.807, 2.05) is 0 Å². The van der Waals surface area contributed by atoms with Crippen LogP contribution < -0.4 is 10.9 Å². The van der Waals surface area contributed by atoms with E-state index in [4.69, 9.17) is 4.74 Å². The van der Waals surface area contributed by atoms with Crippen LogP contribution in [-0.2, 0) is 4.74 Å². The van der Waals surface area contributed by atoms with Gasteiger partial charge in [0.05, 0.1) is 0 Å². The third-order valence-electron chi connectivity index (χ3n) is 3.57. The third kappa shape index (κ3) is 1.12. The van der Waals surface area contributed by atoms with Gasteiger partial charge in [-0.2, -0.15) is 5.43 Å². The first-order chi connectivity index (χ1) is 6.26. The molecule has 0 aromatic carbocycles. The number of carbonyl (C=O) groups is 1. The highest BCUT2D eigenvalue weighted by Crippen LogP contribution is 2.47. The van der Waals surface area contributed by atoms with Gasteiger partial charge in [-0.1, -0.05) is 0 Å². The lowest BCUT2D eigenvalue weighted by Crippen LogP contribution is -2.48. The van der Waals surface area contributed by atoms with E-state index in [-0.39, 0.29) is 11.8 Å². The number of ether oxygens (including phenoxy) is 1. The fraction of sp³-hybridized carbons (Fsp3) is 0.889. The van der Waals surface area contributed by atoms with E-state index >= 15 is 0 Å². The molecule has 1 saturated heterocycles. The molecule has 1 aliphatic heterocycles. The number of fused-ring (bicyclic) bond motifs is 2. The summed E-state index contributed by atoms with van der Waals surface area (Å²) in [5.41, 5.74) is 5.18. The van der Waals surface area contributed by atoms with E-state index in [9.17, 15) is 4.79 Å². The average Bonchev–Trinajstić information content (AvgIpc) is 2.58. The van der Waals surface area contributed by atoms with Crippen LogP contribution in [0.3, 0.4) is 0 Å². The summed E-state index contributed by atoms with van der Waals surface area (Å²) < 4.78 is 5.31. The van der Waals surface area contributed by atoms with E-state index in [0.717, 1.165) is 24.7 Å². The molecule has 2 N–H and O–H groups in total. The normalized spacial score (nSPS) is 47.8. The summed E-state index contributed by atoms with van der Waals surface area (Å²) >= 11 is 0. The molecular weight excluding hydrogens is 168 g/mol. The number of rotatable bonds is 0. The molecular formula is C9H14N2O2. The fourth-order valence-electron chi connectivity index (χ4n) is 3.14. The Balaban J connectivity index is 1.81. The maximum Gasteiger partial charge on any atom is 0.423 e. The predicted octanol–water partition coefficient (Wildman–Crippen LogP) is 1.14. The van der Waals surface area contributed by atoms with Crippen molar-refractivity contribution in [2.24, 2.45) is 11.8 Å². The number of hydrogen-bond donors (Lipinski definition) is 2. The van der Waals surface area contributed by atoms with Crippen LogP contribution in [0.15, 0.2) is 0 Å². The zero-order valence-corrected chi connectivity index (χ0v) is 7.51. The van der Waals surface area contributed by atoms with Crippen molar-refractivity contribution >= 4 is 6.09 Å². The highest BCUT2D eigenvalue weighted by Gasteiger charge is 2.49. The van der Waals surface area contributed by atoms with Crippen molar-refractivity contribution in [2.45, 2.75) is 37.8 Å². The lowest BCUT2D eigenvalue weighted by atomic mass is 9.83. The van der Waals surface area contributed by atoms with Gasteiger partial charge in [0.25, 0.3) is 0 Å². The quantitative estimate of drug-likeness (QED) is 0.590. The first-order valence-electron chi connectivity index (χ1n) is 5.02. The van der Waals surface area contributed by atoms with Crippen LogP contribution in [0.4, 0.5) is 4.79 Å². The number of carbonyl (C=O) groups excluding carboxylic acids is 1. The Morgan fingerprint density at radius 2 is 2.00 bits per heavy atom. The van der Waals surface area contributed by atoms with E-state index in [0.29, 0.717) is 0 Å². The van der Waals surface area contributed by atoms with Gasteiger partial charge in [-0.25, -0.2) is 4.79 Å². The molecule has 4 heteroatoms. The number of hydrazine groups is 1. The Bertz CT molecular complexity index is 242. The number of amides is 1. The van der Waals surface area contributed by atoms with Crippen LogP contribution in [0.25, 0.3) is 0 Å². The van der Waals surface area contributed by atoms with Crippen LogP contribution in [0.1, 0.15) is 32.1 Å². The highest BCUT2D eigenvalue weighted by atomic mass is 16.6. The first-order valence-corrected chi connectivity index (χ1v) is 5.02. The summed E-state index contributed by atoms with van der Waals surface area (Å²) in [6, 6.07) is 0. The molecule has 0 radical (unpaired) electrons. The molecule has 2 atom stereocenters. The molecule has 2 saturated carbocycles. The summed E-state index contributed by atoms with van der Waals surface area (Å²) in [6.07, 6.45) is 5.62. The molecule has 72 valence electrons. The van der Waals surface area contributed by atoms with Gasteiger partial charge >= 0.3 is 6.09 Å². The average molecular weight is 182 g/mol. The maximum atomic E-state index is 11.0. The Labute approximate surface area is 77.0 Å². The summed E-state index contributed by atoms with van der Waals surface area (Å²) in [5.74, 6) is 1.53. The molecule has 2 bridgehead atoms. The van der Waals surface area contributed by atoms with E-state index in [1.54, 1.807) is 0 Å². The van der Waals surface area contributed by atoms with E-state index < -0.39 is 0 Å². The second kappa shape index (κ2) is 2.38. The monoisotopic (exact) mass is 182 g/mol. The number of nitrogens with one attached hydrogen (secondary N) is 2. The third-order valence-corrected chi connectivity index (χ3v) is 3.57. The zero-order chi connectivity index (χ0) is 8.89. The largest absolute Gasteiger partial charge is 0.425 e. The van der Waals surface area contributed by atoms with E-state index in [2.05, 4.69) is 10.9 Å². The molecule has 1 amide bonds. The summed E-state index contributed by atoms with van der Waals surface area (Å²) in [4.78, 5) is 11.0. The molecule has 4 nitrogen and oxygen atoms in total. The molecule has 13 heavy (non-hydrogen) atoms. The SMILES string of the molecule is O=C1NNC2(CC3CCC(C3)C2)O1. The standard InChI is InChI=1S/C9H14N2O2/c12-8-10-11-9(13-8)4-6-1-2-7(3-6)5-9/h6-7,11H,1-5H2,(H,10,12). The molecule has 0 aromatic heterocycles. The van der Waals surface area contributed by atoms with Gasteiger partial charge in [-0.3, -0.25) is 5.43 Å². The van der Waals surface area contributed by atoms with E-state index in [1.165, 1.54) is 19.3 Å². The molecule has 1 heterocycles. The van der Waals surface area contributed by atoms with Crippen molar-refractivity contribution < 1.29 is 9.53 Å². The van der Waals surface area contributed by atoms with Crippen molar-refractivity contribution in [3.63, 3.8) is 0 Å². The smallest absolute Gasteiger partial charge is 0.423 e. The summed E-state index contributed by atoms with van der Waals surface area (Å²) in [5, 5.41) is 0. The topological polar surface area (TPSA) is 50.4 Å². The molecule has 3 aliphatic rings. The molecule has 3 rings (SSSR count). The van der Waals surface area contributed by atoms with Gasteiger partial charge in [0.15, 0.2) is 5.72 Å². The maximum absolute atomic E-state index is 11.0. The Kier molecular flexibility index (Phi) is 1.39. The van der Waals surface area contributed by atoms with Gasteiger partial charge in [-0.05, 0) is 31.1 Å². The van der Waals surface area contributed by atoms with Gasteiger partial charge in [-0.15, -0.1) is 0 Å². The van der Waals surface area contributed by atoms with Crippen LogP contribution in [-0.4, -0.2) is 11.8 Å². The minimum Gasteiger partial charge on any atom is -0.425 e. The van der Waals surface area contributed by atoms with Crippen LogP contribution >= 0.6 is 0 Å². The lowest BCUT2D eigenvalue weighted by Gasteiger charge is -2.34. The Morgan fingerprint density at radius 3 is 2.54 bits per heavy atom. The van der Waals surface area contributed by atoms with Crippen molar-refractivity contribution in [3.8, 4) is 0 Å². The van der Waals surface area contributed by atoms with Crippen molar-refractivity contribution in [1.29, 1.82) is 0 Å². The molecule has 2 unspecified atom stereocenters. The first kappa shape index (κ1) is 7.62. The molecule has 1 spiro atoms. The van der Waals surface area contributed by atoms with Crippen LogP contribution in [0.5, 0.6) is 0 Å². The van der Waals surface area contributed by atoms with Crippen LogP contribution in [0, 0.1) is 11.8 Å².